The molecule has 114 valence electrons. The average molecular weight is 294 g/mol. The number of aromatic hydroxyl groups is 2. The van der Waals surface area contributed by atoms with Crippen molar-refractivity contribution < 1.29 is 29.7 Å². The van der Waals surface area contributed by atoms with Crippen LogP contribution in [-0.2, 0) is 4.79 Å². The van der Waals surface area contributed by atoms with E-state index in [1.54, 1.807) is 13.8 Å². The van der Waals surface area contributed by atoms with Crippen LogP contribution in [-0.4, -0.2) is 33.4 Å². The van der Waals surface area contributed by atoms with Gasteiger partial charge in [-0.15, -0.1) is 0 Å². The first kappa shape index (κ1) is 16.7. The second-order valence-corrected chi connectivity index (χ2v) is 4.98. The van der Waals surface area contributed by atoms with Crippen LogP contribution in [0.1, 0.15) is 59.4 Å². The largest absolute Gasteiger partial charge is 0.507 e. The molecule has 1 aromatic carbocycles. The Morgan fingerprint density at radius 3 is 2.29 bits per heavy atom. The van der Waals surface area contributed by atoms with E-state index in [1.807, 2.05) is 6.92 Å². The fourth-order valence-corrected chi connectivity index (χ4v) is 2.16. The van der Waals surface area contributed by atoms with Crippen LogP contribution in [0, 0.1) is 5.92 Å². The summed E-state index contributed by atoms with van der Waals surface area (Å²) in [6, 6.07) is 1.05. The molecule has 0 radical (unpaired) electrons. The van der Waals surface area contributed by atoms with Crippen molar-refractivity contribution in [3.63, 3.8) is 0 Å². The van der Waals surface area contributed by atoms with Gasteiger partial charge in [0.1, 0.15) is 22.8 Å². The lowest BCUT2D eigenvalue weighted by Crippen LogP contribution is -2.19. The molecule has 3 N–H and O–H groups in total. The molecule has 0 saturated heterocycles. The molecule has 0 aliphatic heterocycles. The number of aldehydes is 1. The molecular formula is C15H18O6. The van der Waals surface area contributed by atoms with Gasteiger partial charge in [-0.3, -0.25) is 9.59 Å². The Bertz CT molecular complexity index is 590. The molecule has 2 atom stereocenters. The van der Waals surface area contributed by atoms with Crippen LogP contribution in [0.15, 0.2) is 6.07 Å². The molecule has 6 heteroatoms. The van der Waals surface area contributed by atoms with E-state index in [-0.39, 0.29) is 29.1 Å². The maximum absolute atomic E-state index is 12.2. The first-order chi connectivity index (χ1) is 9.76. The zero-order valence-electron chi connectivity index (χ0n) is 12.1. The normalized spacial score (nSPS) is 13.5. The van der Waals surface area contributed by atoms with Gasteiger partial charge in [-0.2, -0.15) is 0 Å². The quantitative estimate of drug-likeness (QED) is 0.694. The number of hydrogen-bond acceptors (Lipinski definition) is 5. The molecule has 0 spiro atoms. The number of carbonyl (C=O) groups excluding carboxylic acids is 2. The van der Waals surface area contributed by atoms with E-state index < -0.39 is 28.9 Å². The Hall–Kier alpha value is -2.37. The van der Waals surface area contributed by atoms with Gasteiger partial charge in [-0.25, -0.2) is 4.79 Å². The summed E-state index contributed by atoms with van der Waals surface area (Å²) in [4.78, 5) is 34.3. The molecule has 0 bridgehead atoms. The molecule has 0 aliphatic carbocycles. The molecule has 1 aromatic rings. The Balaban J connectivity index is 3.48. The maximum Gasteiger partial charge on any atom is 0.343 e. The number of carbonyl (C=O) groups is 3. The van der Waals surface area contributed by atoms with Crippen molar-refractivity contribution in [3.8, 4) is 11.5 Å². The van der Waals surface area contributed by atoms with Crippen molar-refractivity contribution in [1.82, 2.24) is 0 Å². The van der Waals surface area contributed by atoms with Crippen LogP contribution in [0.25, 0.3) is 0 Å². The molecule has 6 nitrogen and oxygen atoms in total. The molecule has 0 aliphatic rings. The third kappa shape index (κ3) is 3.04. The lowest BCUT2D eigenvalue weighted by molar-refractivity contribution is -0.123. The number of carboxylic acid groups (broad SMARTS) is 1. The van der Waals surface area contributed by atoms with Crippen molar-refractivity contribution >= 4 is 18.0 Å². The highest BCUT2D eigenvalue weighted by atomic mass is 16.4. The lowest BCUT2D eigenvalue weighted by atomic mass is 9.85. The van der Waals surface area contributed by atoms with E-state index in [0.29, 0.717) is 6.42 Å². The van der Waals surface area contributed by atoms with Crippen molar-refractivity contribution in [1.29, 1.82) is 0 Å². The lowest BCUT2D eigenvalue weighted by Gasteiger charge is -2.18. The topological polar surface area (TPSA) is 112 Å². The van der Waals surface area contributed by atoms with Gasteiger partial charge in [0.25, 0.3) is 0 Å². The Labute approximate surface area is 122 Å². The molecular weight excluding hydrogens is 276 g/mol. The van der Waals surface area contributed by atoms with Gasteiger partial charge in [0.05, 0.1) is 5.56 Å². The minimum absolute atomic E-state index is 0.121. The van der Waals surface area contributed by atoms with Crippen molar-refractivity contribution in [3.05, 3.63) is 22.8 Å². The number of benzene rings is 1. The standard InChI is InChI=1S/C15H18O6/c1-4-7(2)13(18)8(3)9-5-11(17)12(15(20)21)14(19)10(9)6-16/h5-8,17,19H,4H2,1-3H3,(H,20,21)/t7-,8-/m1/s1. The molecule has 0 saturated carbocycles. The van der Waals surface area contributed by atoms with Crippen LogP contribution in [0.5, 0.6) is 11.5 Å². The Morgan fingerprint density at radius 1 is 1.29 bits per heavy atom. The summed E-state index contributed by atoms with van der Waals surface area (Å²) in [6.45, 7) is 5.14. The maximum atomic E-state index is 12.2. The van der Waals surface area contributed by atoms with Crippen molar-refractivity contribution in [2.45, 2.75) is 33.1 Å². The van der Waals surface area contributed by atoms with Crippen molar-refractivity contribution in [2.75, 3.05) is 0 Å². The highest BCUT2D eigenvalue weighted by Gasteiger charge is 2.28. The van der Waals surface area contributed by atoms with Crippen LogP contribution < -0.4 is 0 Å². The number of carboxylic acids is 1. The highest BCUT2D eigenvalue weighted by Crippen LogP contribution is 2.37. The molecule has 0 unspecified atom stereocenters. The van der Waals surface area contributed by atoms with Gasteiger partial charge in [0.2, 0.25) is 0 Å². The predicted molar refractivity (Wildman–Crippen MR) is 75.0 cm³/mol. The minimum Gasteiger partial charge on any atom is -0.507 e. The first-order valence-electron chi connectivity index (χ1n) is 6.57. The second kappa shape index (κ2) is 6.39. The summed E-state index contributed by atoms with van der Waals surface area (Å²) in [6.07, 6.45) is 0.904. The monoisotopic (exact) mass is 294 g/mol. The molecule has 0 fully saturated rings. The van der Waals surface area contributed by atoms with Gasteiger partial charge in [0.15, 0.2) is 6.29 Å². The number of Topliss-reactive ketones (excluding diaryl/α,β-unsaturated/α-hetero) is 1. The zero-order valence-corrected chi connectivity index (χ0v) is 12.1. The number of aromatic carboxylic acids is 1. The summed E-state index contributed by atoms with van der Waals surface area (Å²) in [7, 11) is 0. The van der Waals surface area contributed by atoms with Gasteiger partial charge in [-0.05, 0) is 18.1 Å². The van der Waals surface area contributed by atoms with E-state index in [0.717, 1.165) is 6.07 Å². The fraction of sp³-hybridized carbons (Fsp3) is 0.400. The number of hydrogen-bond donors (Lipinski definition) is 3. The molecule has 0 amide bonds. The second-order valence-electron chi connectivity index (χ2n) is 4.98. The van der Waals surface area contributed by atoms with E-state index in [9.17, 15) is 24.6 Å². The van der Waals surface area contributed by atoms with Crippen LogP contribution >= 0.6 is 0 Å². The summed E-state index contributed by atoms with van der Waals surface area (Å²) < 4.78 is 0. The Kier molecular flexibility index (Phi) is 5.07. The number of ketones is 1. The smallest absolute Gasteiger partial charge is 0.343 e. The molecule has 1 rings (SSSR count). The van der Waals surface area contributed by atoms with Gasteiger partial charge in [-0.1, -0.05) is 20.8 Å². The summed E-state index contributed by atoms with van der Waals surface area (Å²) in [5.74, 6) is -4.19. The van der Waals surface area contributed by atoms with E-state index >= 15 is 0 Å². The van der Waals surface area contributed by atoms with E-state index in [4.69, 9.17) is 5.11 Å². The van der Waals surface area contributed by atoms with E-state index in [2.05, 4.69) is 0 Å². The molecule has 0 aromatic heterocycles. The van der Waals surface area contributed by atoms with E-state index in [1.165, 1.54) is 0 Å². The fourth-order valence-electron chi connectivity index (χ4n) is 2.16. The number of phenols is 2. The van der Waals surface area contributed by atoms with Gasteiger partial charge >= 0.3 is 5.97 Å². The summed E-state index contributed by atoms with van der Waals surface area (Å²) in [5, 5.41) is 28.5. The van der Waals surface area contributed by atoms with Gasteiger partial charge in [0, 0.05) is 11.8 Å². The Morgan fingerprint density at radius 2 is 1.86 bits per heavy atom. The summed E-state index contributed by atoms with van der Waals surface area (Å²) >= 11 is 0. The molecule has 0 heterocycles. The van der Waals surface area contributed by atoms with Gasteiger partial charge < -0.3 is 15.3 Å². The van der Waals surface area contributed by atoms with Crippen LogP contribution in [0.4, 0.5) is 0 Å². The predicted octanol–water partition coefficient (Wildman–Crippen LogP) is 2.33. The zero-order chi connectivity index (χ0) is 16.3. The third-order valence-corrected chi connectivity index (χ3v) is 3.67. The highest BCUT2D eigenvalue weighted by molar-refractivity contribution is 6.00. The summed E-state index contributed by atoms with van der Waals surface area (Å²) in [5.41, 5.74) is -0.909. The average Bonchev–Trinajstić information content (AvgIpc) is 2.43. The SMILES string of the molecule is CC[C@@H](C)C(=O)[C@H](C)c1cc(O)c(C(=O)O)c(O)c1C=O. The van der Waals surface area contributed by atoms with Crippen molar-refractivity contribution in [2.24, 2.45) is 5.92 Å². The molecule has 21 heavy (non-hydrogen) atoms. The minimum atomic E-state index is -1.56. The van der Waals surface area contributed by atoms with Crippen LogP contribution in [0.3, 0.4) is 0 Å². The third-order valence-electron chi connectivity index (χ3n) is 3.67. The first-order valence-corrected chi connectivity index (χ1v) is 6.57. The van der Waals surface area contributed by atoms with Crippen LogP contribution in [0.2, 0.25) is 0 Å². The number of rotatable bonds is 6.